The third kappa shape index (κ3) is 4.36. The van der Waals surface area contributed by atoms with Crippen molar-refractivity contribution in [2.75, 3.05) is 0 Å². The van der Waals surface area contributed by atoms with Crippen LogP contribution in [0.2, 0.25) is 0 Å². The topological polar surface area (TPSA) is 91.9 Å². The zero-order valence-electron chi connectivity index (χ0n) is 16.3. The first-order valence-electron chi connectivity index (χ1n) is 9.19. The Morgan fingerprint density at radius 1 is 1.07 bits per heavy atom. The van der Waals surface area contributed by atoms with Crippen LogP contribution in [0.5, 0.6) is 0 Å². The molecular weight excluding hydrogens is 400 g/mol. The Bertz CT molecular complexity index is 1190. The Balaban J connectivity index is 1.53. The SMILES string of the molecule is Cc1cc(C)cc(N=C2NC(=O)C(=Cc3ccc(-c4ccc(C(=O)O)cc4)o3)S2)c1. The van der Waals surface area contributed by atoms with Crippen LogP contribution in [0.25, 0.3) is 17.4 Å². The summed E-state index contributed by atoms with van der Waals surface area (Å²) in [7, 11) is 0. The van der Waals surface area contributed by atoms with Crippen LogP contribution in [0.3, 0.4) is 0 Å². The third-order valence-corrected chi connectivity index (χ3v) is 5.31. The van der Waals surface area contributed by atoms with Crippen LogP contribution in [-0.2, 0) is 4.79 Å². The highest BCUT2D eigenvalue weighted by Gasteiger charge is 2.24. The van der Waals surface area contributed by atoms with Gasteiger partial charge < -0.3 is 14.8 Å². The lowest BCUT2D eigenvalue weighted by atomic mass is 10.1. The van der Waals surface area contributed by atoms with Gasteiger partial charge in [-0.1, -0.05) is 18.2 Å². The van der Waals surface area contributed by atoms with Crippen molar-refractivity contribution in [3.63, 3.8) is 0 Å². The highest BCUT2D eigenvalue weighted by atomic mass is 32.2. The molecule has 4 rings (SSSR count). The molecule has 1 aliphatic rings. The van der Waals surface area contributed by atoms with E-state index in [0.29, 0.717) is 21.6 Å². The number of hydrogen-bond acceptors (Lipinski definition) is 5. The van der Waals surface area contributed by atoms with Crippen molar-refractivity contribution < 1.29 is 19.1 Å². The van der Waals surface area contributed by atoms with Crippen molar-refractivity contribution in [1.82, 2.24) is 5.32 Å². The molecule has 150 valence electrons. The number of nitrogens with one attached hydrogen (secondary N) is 1. The second-order valence-corrected chi connectivity index (χ2v) is 7.94. The molecule has 0 unspecified atom stereocenters. The summed E-state index contributed by atoms with van der Waals surface area (Å²) < 4.78 is 5.81. The van der Waals surface area contributed by atoms with Gasteiger partial charge in [-0.15, -0.1) is 0 Å². The molecule has 0 spiro atoms. The standard InChI is InChI=1S/C23H18N2O4S/c1-13-9-14(2)11-17(10-13)24-23-25-21(26)20(30-23)12-18-7-8-19(29-18)15-3-5-16(6-4-15)22(27)28/h3-12H,1-2H3,(H,27,28)(H,24,25,26). The number of aliphatic imine (C=N–C) groups is 1. The molecule has 0 radical (unpaired) electrons. The summed E-state index contributed by atoms with van der Waals surface area (Å²) in [5, 5.41) is 12.3. The largest absolute Gasteiger partial charge is 0.478 e. The van der Waals surface area contributed by atoms with Crippen LogP contribution in [0.15, 0.2) is 68.9 Å². The van der Waals surface area contributed by atoms with Crippen LogP contribution in [-0.4, -0.2) is 22.2 Å². The highest BCUT2D eigenvalue weighted by molar-refractivity contribution is 8.18. The fourth-order valence-corrected chi connectivity index (χ4v) is 3.93. The molecule has 1 fully saturated rings. The molecule has 6 nitrogen and oxygen atoms in total. The van der Waals surface area contributed by atoms with Gasteiger partial charge in [0.25, 0.3) is 5.91 Å². The number of amidine groups is 1. The molecule has 2 aromatic carbocycles. The predicted molar refractivity (Wildman–Crippen MR) is 118 cm³/mol. The lowest BCUT2D eigenvalue weighted by Gasteiger charge is -2.00. The second-order valence-electron chi connectivity index (χ2n) is 6.91. The van der Waals surface area contributed by atoms with E-state index in [4.69, 9.17) is 9.52 Å². The van der Waals surface area contributed by atoms with Crippen molar-refractivity contribution in [2.24, 2.45) is 4.99 Å². The molecule has 0 saturated carbocycles. The van der Waals surface area contributed by atoms with E-state index in [1.54, 1.807) is 30.3 Å². The number of carbonyl (C=O) groups excluding carboxylic acids is 1. The Hall–Kier alpha value is -3.58. The van der Waals surface area contributed by atoms with Gasteiger partial charge in [0.05, 0.1) is 16.2 Å². The zero-order chi connectivity index (χ0) is 21.3. The first-order valence-corrected chi connectivity index (χ1v) is 10.0. The maximum Gasteiger partial charge on any atom is 0.335 e. The number of aromatic carboxylic acids is 1. The second kappa shape index (κ2) is 8.04. The molecule has 30 heavy (non-hydrogen) atoms. The number of hydrogen-bond donors (Lipinski definition) is 2. The maximum absolute atomic E-state index is 12.3. The van der Waals surface area contributed by atoms with E-state index in [2.05, 4.69) is 16.4 Å². The van der Waals surface area contributed by atoms with Gasteiger partial charge in [0.2, 0.25) is 0 Å². The number of amides is 1. The Kier molecular flexibility index (Phi) is 5.29. The molecule has 2 N–H and O–H groups in total. The van der Waals surface area contributed by atoms with Gasteiger partial charge in [-0.3, -0.25) is 4.79 Å². The van der Waals surface area contributed by atoms with E-state index in [0.717, 1.165) is 22.4 Å². The number of carboxylic acids is 1. The third-order valence-electron chi connectivity index (χ3n) is 4.40. The summed E-state index contributed by atoms with van der Waals surface area (Å²) in [6.45, 7) is 4.01. The number of thioether (sulfide) groups is 1. The van der Waals surface area contributed by atoms with Crippen molar-refractivity contribution in [3.05, 3.63) is 82.0 Å². The molecule has 0 bridgehead atoms. The van der Waals surface area contributed by atoms with E-state index in [1.807, 2.05) is 26.0 Å². The molecule has 1 aromatic heterocycles. The number of carboxylic acid groups (broad SMARTS) is 1. The average Bonchev–Trinajstić information content (AvgIpc) is 3.28. The molecule has 7 heteroatoms. The van der Waals surface area contributed by atoms with E-state index >= 15 is 0 Å². The first-order chi connectivity index (χ1) is 14.4. The van der Waals surface area contributed by atoms with Crippen molar-refractivity contribution >= 4 is 40.6 Å². The van der Waals surface area contributed by atoms with E-state index in [1.165, 1.54) is 23.9 Å². The number of aryl methyl sites for hydroxylation is 2. The summed E-state index contributed by atoms with van der Waals surface area (Å²) in [4.78, 5) is 28.3. The Morgan fingerprint density at radius 3 is 2.43 bits per heavy atom. The van der Waals surface area contributed by atoms with Gasteiger partial charge >= 0.3 is 5.97 Å². The quantitative estimate of drug-likeness (QED) is 0.572. The van der Waals surface area contributed by atoms with Crippen LogP contribution in [0, 0.1) is 13.8 Å². The monoisotopic (exact) mass is 418 g/mol. The average molecular weight is 418 g/mol. The highest BCUT2D eigenvalue weighted by Crippen LogP contribution is 2.30. The summed E-state index contributed by atoms with van der Waals surface area (Å²) >= 11 is 1.26. The maximum atomic E-state index is 12.3. The molecule has 0 atom stereocenters. The lowest BCUT2D eigenvalue weighted by Crippen LogP contribution is -2.19. The van der Waals surface area contributed by atoms with Crippen LogP contribution in [0.1, 0.15) is 27.2 Å². The minimum absolute atomic E-state index is 0.210. The van der Waals surface area contributed by atoms with Crippen molar-refractivity contribution in [2.45, 2.75) is 13.8 Å². The van der Waals surface area contributed by atoms with Crippen LogP contribution >= 0.6 is 11.8 Å². The molecule has 0 aliphatic carbocycles. The fourth-order valence-electron chi connectivity index (χ4n) is 3.10. The fraction of sp³-hybridized carbons (Fsp3) is 0.0870. The Morgan fingerprint density at radius 2 is 1.77 bits per heavy atom. The summed E-state index contributed by atoms with van der Waals surface area (Å²) in [5.41, 5.74) is 3.98. The van der Waals surface area contributed by atoms with Crippen LogP contribution in [0.4, 0.5) is 5.69 Å². The number of furan rings is 1. The molecule has 3 aromatic rings. The minimum Gasteiger partial charge on any atom is -0.478 e. The first kappa shape index (κ1) is 19.7. The predicted octanol–water partition coefficient (Wildman–Crippen LogP) is 5.15. The number of nitrogens with zero attached hydrogens (tertiary/aromatic N) is 1. The van der Waals surface area contributed by atoms with Gasteiger partial charge in [-0.25, -0.2) is 9.79 Å². The number of carbonyl (C=O) groups is 2. The van der Waals surface area contributed by atoms with Gasteiger partial charge in [-0.2, -0.15) is 0 Å². The minimum atomic E-state index is -0.978. The van der Waals surface area contributed by atoms with Gasteiger partial charge in [0.1, 0.15) is 11.5 Å². The molecule has 1 amide bonds. The van der Waals surface area contributed by atoms with E-state index in [-0.39, 0.29) is 11.5 Å². The molecule has 1 saturated heterocycles. The van der Waals surface area contributed by atoms with Gasteiger partial charge in [0, 0.05) is 11.6 Å². The smallest absolute Gasteiger partial charge is 0.335 e. The summed E-state index contributed by atoms with van der Waals surface area (Å²) in [6.07, 6.45) is 1.67. The van der Waals surface area contributed by atoms with Crippen LogP contribution < -0.4 is 5.32 Å². The van der Waals surface area contributed by atoms with E-state index in [9.17, 15) is 9.59 Å². The summed E-state index contributed by atoms with van der Waals surface area (Å²) in [6, 6.07) is 16.0. The summed E-state index contributed by atoms with van der Waals surface area (Å²) in [5.74, 6) is -0.0928. The van der Waals surface area contributed by atoms with Gasteiger partial charge in [-0.05, 0) is 73.1 Å². The number of benzene rings is 2. The van der Waals surface area contributed by atoms with Crippen molar-refractivity contribution in [1.29, 1.82) is 0 Å². The van der Waals surface area contributed by atoms with Gasteiger partial charge in [0.15, 0.2) is 5.17 Å². The molecular formula is C23H18N2O4S. The lowest BCUT2D eigenvalue weighted by molar-refractivity contribution is -0.115. The molecule has 2 heterocycles. The normalized spacial score (nSPS) is 16.3. The number of rotatable bonds is 4. The zero-order valence-corrected chi connectivity index (χ0v) is 17.1. The van der Waals surface area contributed by atoms with Crippen molar-refractivity contribution in [3.8, 4) is 11.3 Å². The Labute approximate surface area is 177 Å². The molecule has 1 aliphatic heterocycles. The van der Waals surface area contributed by atoms with E-state index < -0.39 is 5.97 Å².